The van der Waals surface area contributed by atoms with E-state index in [9.17, 15) is 22.8 Å². The third-order valence-corrected chi connectivity index (χ3v) is 4.65. The van der Waals surface area contributed by atoms with Gasteiger partial charge in [-0.1, -0.05) is 0 Å². The number of urea groups is 1. The monoisotopic (exact) mass is 294 g/mol. The van der Waals surface area contributed by atoms with E-state index in [0.717, 1.165) is 6.26 Å². The molecule has 0 heterocycles. The van der Waals surface area contributed by atoms with Crippen LogP contribution in [0.15, 0.2) is 0 Å². The number of imide groups is 1. The Labute approximate surface area is 111 Å². The topological polar surface area (TPSA) is 130 Å². The molecule has 0 rings (SSSR count). The van der Waals surface area contributed by atoms with Gasteiger partial charge >= 0.3 is 12.0 Å². The summed E-state index contributed by atoms with van der Waals surface area (Å²) in [6.07, 6.45) is 0.344. The highest BCUT2D eigenvalue weighted by Gasteiger charge is 2.30. The van der Waals surface area contributed by atoms with Gasteiger partial charge in [-0.3, -0.25) is 14.9 Å². The lowest BCUT2D eigenvalue weighted by Crippen LogP contribution is -2.48. The fourth-order valence-electron chi connectivity index (χ4n) is 0.878. The molecule has 0 aromatic rings. The normalized spacial score (nSPS) is 11.7. The molecule has 0 saturated heterocycles. The lowest BCUT2D eigenvalue weighted by Gasteiger charge is -2.22. The lowest BCUT2D eigenvalue weighted by atomic mass is 10.2. The second kappa shape index (κ2) is 6.50. The summed E-state index contributed by atoms with van der Waals surface area (Å²) in [6.45, 7) is 2.72. The van der Waals surface area contributed by atoms with Crippen molar-refractivity contribution in [1.82, 2.24) is 10.6 Å². The van der Waals surface area contributed by atoms with Crippen molar-refractivity contribution in [2.75, 3.05) is 12.8 Å². The Balaban J connectivity index is 4.20. The van der Waals surface area contributed by atoms with Crippen LogP contribution in [0.3, 0.4) is 0 Å². The zero-order valence-electron chi connectivity index (χ0n) is 11.0. The third-order valence-electron chi connectivity index (χ3n) is 2.50. The number of nitrogens with one attached hydrogen (secondary N) is 2. The van der Waals surface area contributed by atoms with Crippen molar-refractivity contribution in [3.05, 3.63) is 0 Å². The molecule has 3 amide bonds. The van der Waals surface area contributed by atoms with Crippen LogP contribution in [0, 0.1) is 0 Å². The Morgan fingerprint density at radius 1 is 1.16 bits per heavy atom. The number of carbonyl (C=O) groups is 3. The molecule has 0 unspecified atom stereocenters. The van der Waals surface area contributed by atoms with Gasteiger partial charge in [-0.25, -0.2) is 13.2 Å². The predicted molar refractivity (Wildman–Crippen MR) is 67.3 cm³/mol. The first kappa shape index (κ1) is 17.4. The van der Waals surface area contributed by atoms with E-state index in [0.29, 0.717) is 0 Å². The highest BCUT2D eigenvalue weighted by Crippen LogP contribution is 2.13. The van der Waals surface area contributed by atoms with Crippen LogP contribution in [-0.4, -0.2) is 49.0 Å². The Morgan fingerprint density at radius 3 is 2.11 bits per heavy atom. The molecule has 0 aliphatic heterocycles. The van der Waals surface area contributed by atoms with Crippen molar-refractivity contribution >= 4 is 27.7 Å². The largest absolute Gasteiger partial charge is 0.481 e. The number of aliphatic carboxylic acids is 1. The average Bonchev–Trinajstić information content (AvgIpc) is 2.22. The maximum atomic E-state index is 11.4. The number of amides is 3. The van der Waals surface area contributed by atoms with E-state index in [4.69, 9.17) is 5.11 Å². The Bertz CT molecular complexity index is 468. The van der Waals surface area contributed by atoms with Crippen LogP contribution < -0.4 is 10.6 Å². The summed E-state index contributed by atoms with van der Waals surface area (Å²) in [5, 5.41) is 12.5. The van der Waals surface area contributed by atoms with Crippen LogP contribution >= 0.6 is 0 Å². The zero-order chi connectivity index (χ0) is 15.3. The second-order valence-electron chi connectivity index (χ2n) is 4.66. The maximum absolute atomic E-state index is 11.4. The molecule has 0 aromatic heterocycles. The van der Waals surface area contributed by atoms with Crippen molar-refractivity contribution in [2.24, 2.45) is 0 Å². The smallest absolute Gasteiger partial charge is 0.321 e. The summed E-state index contributed by atoms with van der Waals surface area (Å²) >= 11 is 0. The summed E-state index contributed by atoms with van der Waals surface area (Å²) in [5.41, 5.74) is 0. The minimum Gasteiger partial charge on any atom is -0.481 e. The van der Waals surface area contributed by atoms with Gasteiger partial charge in [0, 0.05) is 19.2 Å². The van der Waals surface area contributed by atoms with E-state index in [1.54, 1.807) is 0 Å². The predicted octanol–water partition coefficient (Wildman–Crippen LogP) is -0.500. The highest BCUT2D eigenvalue weighted by atomic mass is 32.2. The zero-order valence-corrected chi connectivity index (χ0v) is 11.8. The van der Waals surface area contributed by atoms with Crippen molar-refractivity contribution in [3.8, 4) is 0 Å². The summed E-state index contributed by atoms with van der Waals surface area (Å²) in [6, 6.07) is -0.855. The van der Waals surface area contributed by atoms with E-state index < -0.39 is 32.5 Å². The number of hydrogen-bond donors (Lipinski definition) is 3. The molecule has 8 nitrogen and oxygen atoms in total. The van der Waals surface area contributed by atoms with Gasteiger partial charge in [0.05, 0.1) is 11.2 Å². The van der Waals surface area contributed by atoms with Crippen LogP contribution in [0.2, 0.25) is 0 Å². The van der Waals surface area contributed by atoms with Gasteiger partial charge < -0.3 is 10.4 Å². The van der Waals surface area contributed by atoms with E-state index in [2.05, 4.69) is 5.32 Å². The quantitative estimate of drug-likeness (QED) is 0.605. The lowest BCUT2D eigenvalue weighted by molar-refractivity contribution is -0.138. The molecule has 0 saturated carbocycles. The minimum atomic E-state index is -3.35. The molecule has 110 valence electrons. The number of rotatable bonds is 6. The third kappa shape index (κ3) is 6.75. The maximum Gasteiger partial charge on any atom is 0.321 e. The summed E-state index contributed by atoms with van der Waals surface area (Å²) in [4.78, 5) is 32.6. The van der Waals surface area contributed by atoms with Crippen LogP contribution in [0.4, 0.5) is 4.79 Å². The van der Waals surface area contributed by atoms with Gasteiger partial charge in [-0.2, -0.15) is 0 Å². The number of sulfone groups is 1. The van der Waals surface area contributed by atoms with E-state index in [1.807, 2.05) is 5.32 Å². The fraction of sp³-hybridized carbons (Fsp3) is 0.700. The first-order valence-electron chi connectivity index (χ1n) is 5.45. The highest BCUT2D eigenvalue weighted by molar-refractivity contribution is 7.92. The van der Waals surface area contributed by atoms with E-state index in [-0.39, 0.29) is 19.4 Å². The minimum absolute atomic E-state index is 0.163. The van der Waals surface area contributed by atoms with Crippen molar-refractivity contribution in [1.29, 1.82) is 0 Å². The van der Waals surface area contributed by atoms with E-state index >= 15 is 0 Å². The second-order valence-corrected chi connectivity index (χ2v) is 7.31. The molecule has 0 spiro atoms. The van der Waals surface area contributed by atoms with Crippen LogP contribution in [0.5, 0.6) is 0 Å². The molecule has 0 aromatic carbocycles. The Morgan fingerprint density at radius 2 is 1.68 bits per heavy atom. The van der Waals surface area contributed by atoms with Crippen LogP contribution in [-0.2, 0) is 19.4 Å². The van der Waals surface area contributed by atoms with Gasteiger partial charge in [-0.05, 0) is 13.8 Å². The summed E-state index contributed by atoms with van der Waals surface area (Å²) in [7, 11) is -3.35. The molecule has 0 atom stereocenters. The van der Waals surface area contributed by atoms with Gasteiger partial charge in [0.25, 0.3) is 0 Å². The summed E-state index contributed by atoms with van der Waals surface area (Å²) in [5.74, 6) is -1.88. The fourth-order valence-corrected chi connectivity index (χ4v) is 1.21. The van der Waals surface area contributed by atoms with Crippen LogP contribution in [0.25, 0.3) is 0 Å². The summed E-state index contributed by atoms with van der Waals surface area (Å²) < 4.78 is 21.6. The first-order valence-corrected chi connectivity index (χ1v) is 7.34. The van der Waals surface area contributed by atoms with Crippen molar-refractivity contribution in [3.63, 3.8) is 0 Å². The number of carboxylic acids is 1. The van der Waals surface area contributed by atoms with Crippen molar-refractivity contribution in [2.45, 2.75) is 31.4 Å². The number of hydrogen-bond acceptors (Lipinski definition) is 5. The van der Waals surface area contributed by atoms with Crippen LogP contribution in [0.1, 0.15) is 26.7 Å². The molecule has 0 fully saturated rings. The molecular weight excluding hydrogens is 276 g/mol. The first-order chi connectivity index (χ1) is 8.45. The molecule has 0 aliphatic carbocycles. The molecular formula is C10H18N2O6S. The molecule has 9 heteroatoms. The molecule has 0 bridgehead atoms. The Kier molecular flexibility index (Phi) is 5.94. The van der Waals surface area contributed by atoms with E-state index in [1.165, 1.54) is 13.8 Å². The molecule has 0 radical (unpaired) electrons. The number of carboxylic acid groups (broad SMARTS) is 1. The van der Waals surface area contributed by atoms with Crippen molar-refractivity contribution < 1.29 is 27.9 Å². The molecule has 0 aliphatic rings. The number of carbonyl (C=O) groups excluding carboxylic acids is 2. The standard InChI is InChI=1S/C10H18N2O6S/c1-10(2,19(3,17)18)6-11-9(16)12-7(13)4-5-8(14)15/h4-6H2,1-3H3,(H,14,15)(H2,11,12,13,16). The SMILES string of the molecule is CC(C)(CNC(=O)NC(=O)CCC(=O)O)S(C)(=O)=O. The van der Waals surface area contributed by atoms with Gasteiger partial charge in [-0.15, -0.1) is 0 Å². The van der Waals surface area contributed by atoms with Gasteiger partial charge in [0.2, 0.25) is 5.91 Å². The average molecular weight is 294 g/mol. The molecule has 19 heavy (non-hydrogen) atoms. The van der Waals surface area contributed by atoms with Gasteiger partial charge in [0.15, 0.2) is 9.84 Å². The van der Waals surface area contributed by atoms with Gasteiger partial charge in [0.1, 0.15) is 0 Å². The molecule has 3 N–H and O–H groups in total. The Hall–Kier alpha value is -1.64.